The van der Waals surface area contributed by atoms with Gasteiger partial charge in [-0.3, -0.25) is 0 Å². The van der Waals surface area contributed by atoms with Crippen molar-refractivity contribution in [2.45, 2.75) is 37.1 Å². The van der Waals surface area contributed by atoms with E-state index in [1.165, 1.54) is 17.6 Å². The van der Waals surface area contributed by atoms with Gasteiger partial charge in [-0.2, -0.15) is 0 Å². The standard InChI is InChI=1S/C14H20N2O3S2/c1-11(2)15-8-7-13-5-6-14(20-13)21(17,18)16-10-12-4-3-9-19-12/h3-6,9,11,15-16H,7-8,10H2,1-2H3. The lowest BCUT2D eigenvalue weighted by molar-refractivity contribution is 0.499. The number of furan rings is 1. The van der Waals surface area contributed by atoms with E-state index in [4.69, 9.17) is 4.42 Å². The van der Waals surface area contributed by atoms with Crippen molar-refractivity contribution >= 4 is 21.4 Å². The minimum absolute atomic E-state index is 0.164. The Balaban J connectivity index is 1.92. The molecule has 0 unspecified atom stereocenters. The average Bonchev–Trinajstić information content (AvgIpc) is 3.07. The summed E-state index contributed by atoms with van der Waals surface area (Å²) in [4.78, 5) is 1.06. The molecule has 2 heterocycles. The van der Waals surface area contributed by atoms with Crippen LogP contribution in [0.15, 0.2) is 39.2 Å². The third kappa shape index (κ3) is 4.96. The van der Waals surface area contributed by atoms with Crippen LogP contribution in [0.3, 0.4) is 0 Å². The summed E-state index contributed by atoms with van der Waals surface area (Å²) >= 11 is 1.31. The molecule has 0 aliphatic carbocycles. The van der Waals surface area contributed by atoms with E-state index < -0.39 is 10.0 Å². The zero-order valence-corrected chi connectivity index (χ0v) is 13.8. The lowest BCUT2D eigenvalue weighted by atomic mass is 10.3. The van der Waals surface area contributed by atoms with Crippen molar-refractivity contribution in [1.82, 2.24) is 10.0 Å². The van der Waals surface area contributed by atoms with E-state index in [0.717, 1.165) is 17.8 Å². The smallest absolute Gasteiger partial charge is 0.250 e. The van der Waals surface area contributed by atoms with Crippen LogP contribution in [0.2, 0.25) is 0 Å². The molecule has 116 valence electrons. The van der Waals surface area contributed by atoms with Gasteiger partial charge in [-0.25, -0.2) is 13.1 Å². The van der Waals surface area contributed by atoms with E-state index in [-0.39, 0.29) is 6.54 Å². The van der Waals surface area contributed by atoms with Crippen LogP contribution in [-0.4, -0.2) is 21.0 Å². The SMILES string of the molecule is CC(C)NCCc1ccc(S(=O)(=O)NCc2ccco2)s1. The summed E-state index contributed by atoms with van der Waals surface area (Å²) in [6.07, 6.45) is 2.35. The second-order valence-corrected chi connectivity index (χ2v) is 8.15. The zero-order chi connectivity index (χ0) is 15.3. The fourth-order valence-corrected chi connectivity index (χ4v) is 4.16. The Morgan fingerprint density at radius 2 is 2.10 bits per heavy atom. The monoisotopic (exact) mass is 328 g/mol. The van der Waals surface area contributed by atoms with Crippen LogP contribution in [0, 0.1) is 0 Å². The van der Waals surface area contributed by atoms with Crippen molar-refractivity contribution in [2.24, 2.45) is 0 Å². The zero-order valence-electron chi connectivity index (χ0n) is 12.1. The Kier molecular flexibility index (Phi) is 5.58. The van der Waals surface area contributed by atoms with E-state index in [1.54, 1.807) is 18.2 Å². The lowest BCUT2D eigenvalue weighted by Gasteiger charge is -2.06. The van der Waals surface area contributed by atoms with E-state index in [2.05, 4.69) is 23.9 Å². The average molecular weight is 328 g/mol. The van der Waals surface area contributed by atoms with Crippen LogP contribution in [-0.2, 0) is 23.0 Å². The Morgan fingerprint density at radius 1 is 1.29 bits per heavy atom. The number of sulfonamides is 1. The molecule has 21 heavy (non-hydrogen) atoms. The quantitative estimate of drug-likeness (QED) is 0.780. The molecular weight excluding hydrogens is 308 g/mol. The first kappa shape index (κ1) is 16.2. The maximum Gasteiger partial charge on any atom is 0.250 e. The number of nitrogens with one attached hydrogen (secondary N) is 2. The van der Waals surface area contributed by atoms with Gasteiger partial charge < -0.3 is 9.73 Å². The molecule has 7 heteroatoms. The van der Waals surface area contributed by atoms with Gasteiger partial charge in [0.2, 0.25) is 10.0 Å². The largest absolute Gasteiger partial charge is 0.468 e. The van der Waals surface area contributed by atoms with Crippen molar-refractivity contribution in [3.05, 3.63) is 41.2 Å². The first-order valence-corrected chi connectivity index (χ1v) is 9.11. The molecule has 0 aliphatic rings. The van der Waals surface area contributed by atoms with Crippen LogP contribution in [0.25, 0.3) is 0 Å². The van der Waals surface area contributed by atoms with E-state index in [0.29, 0.717) is 16.0 Å². The summed E-state index contributed by atoms with van der Waals surface area (Å²) in [5.41, 5.74) is 0. The van der Waals surface area contributed by atoms with Crippen LogP contribution in [0.5, 0.6) is 0 Å². The molecule has 0 saturated carbocycles. The van der Waals surface area contributed by atoms with E-state index in [1.807, 2.05) is 6.07 Å². The molecule has 0 amide bonds. The summed E-state index contributed by atoms with van der Waals surface area (Å²) in [5, 5.41) is 3.31. The molecule has 0 atom stereocenters. The minimum atomic E-state index is -3.47. The fourth-order valence-electron chi connectivity index (χ4n) is 1.77. The third-order valence-corrected chi connectivity index (χ3v) is 5.88. The molecule has 2 rings (SSSR count). The van der Waals surface area contributed by atoms with Crippen LogP contribution < -0.4 is 10.0 Å². The van der Waals surface area contributed by atoms with Gasteiger partial charge >= 0.3 is 0 Å². The number of rotatable bonds is 8. The first-order chi connectivity index (χ1) is 9.97. The summed E-state index contributed by atoms with van der Waals surface area (Å²) < 4.78 is 32.3. The van der Waals surface area contributed by atoms with Crippen LogP contribution in [0.4, 0.5) is 0 Å². The predicted molar refractivity (Wildman–Crippen MR) is 83.9 cm³/mol. The van der Waals surface area contributed by atoms with Crippen molar-refractivity contribution < 1.29 is 12.8 Å². The van der Waals surface area contributed by atoms with Crippen molar-refractivity contribution in [1.29, 1.82) is 0 Å². The maximum atomic E-state index is 12.2. The van der Waals surface area contributed by atoms with Gasteiger partial charge in [0, 0.05) is 17.5 Å². The molecule has 2 aromatic heterocycles. The summed E-state index contributed by atoms with van der Waals surface area (Å²) in [7, 11) is -3.47. The van der Waals surface area contributed by atoms with Crippen molar-refractivity contribution in [3.63, 3.8) is 0 Å². The first-order valence-electron chi connectivity index (χ1n) is 6.81. The normalized spacial score (nSPS) is 12.1. The van der Waals surface area contributed by atoms with Gasteiger partial charge in [0.1, 0.15) is 9.97 Å². The van der Waals surface area contributed by atoms with Gasteiger partial charge in [0.25, 0.3) is 0 Å². The van der Waals surface area contributed by atoms with E-state index >= 15 is 0 Å². The van der Waals surface area contributed by atoms with E-state index in [9.17, 15) is 8.42 Å². The van der Waals surface area contributed by atoms with Crippen LogP contribution in [0.1, 0.15) is 24.5 Å². The second-order valence-electron chi connectivity index (χ2n) is 4.98. The predicted octanol–water partition coefficient (Wildman–Crippen LogP) is 2.36. The molecule has 0 spiro atoms. The number of thiophene rings is 1. The second kappa shape index (κ2) is 7.22. The highest BCUT2D eigenvalue weighted by Crippen LogP contribution is 2.22. The maximum absolute atomic E-state index is 12.2. The Labute approximate surface area is 129 Å². The molecular formula is C14H20N2O3S2. The van der Waals surface area contributed by atoms with Gasteiger partial charge in [0.15, 0.2) is 0 Å². The molecule has 0 aromatic carbocycles. The highest BCUT2D eigenvalue weighted by atomic mass is 32.2. The molecule has 0 bridgehead atoms. The van der Waals surface area contributed by atoms with Gasteiger partial charge in [-0.1, -0.05) is 13.8 Å². The Hall–Kier alpha value is -1.15. The number of hydrogen-bond acceptors (Lipinski definition) is 5. The molecule has 5 nitrogen and oxygen atoms in total. The van der Waals surface area contributed by atoms with Crippen molar-refractivity contribution in [2.75, 3.05) is 6.54 Å². The highest BCUT2D eigenvalue weighted by molar-refractivity contribution is 7.91. The Morgan fingerprint density at radius 3 is 2.76 bits per heavy atom. The summed E-state index contributed by atoms with van der Waals surface area (Å²) in [5.74, 6) is 0.594. The fraction of sp³-hybridized carbons (Fsp3) is 0.429. The lowest BCUT2D eigenvalue weighted by Crippen LogP contribution is -2.24. The topological polar surface area (TPSA) is 71.3 Å². The van der Waals surface area contributed by atoms with Gasteiger partial charge in [-0.05, 0) is 30.7 Å². The molecule has 0 saturated heterocycles. The summed E-state index contributed by atoms with van der Waals surface area (Å²) in [6.45, 7) is 5.18. The highest BCUT2D eigenvalue weighted by Gasteiger charge is 2.17. The Bertz CT molecular complexity index is 646. The third-order valence-electron chi connectivity index (χ3n) is 2.84. The minimum Gasteiger partial charge on any atom is -0.468 e. The van der Waals surface area contributed by atoms with Crippen molar-refractivity contribution in [3.8, 4) is 0 Å². The molecule has 2 aromatic rings. The molecule has 2 N–H and O–H groups in total. The van der Waals surface area contributed by atoms with Gasteiger partial charge in [0.05, 0.1) is 12.8 Å². The molecule has 0 radical (unpaired) electrons. The summed E-state index contributed by atoms with van der Waals surface area (Å²) in [6, 6.07) is 7.42. The van der Waals surface area contributed by atoms with Crippen LogP contribution >= 0.6 is 11.3 Å². The number of hydrogen-bond donors (Lipinski definition) is 2. The molecule has 0 fully saturated rings. The van der Waals surface area contributed by atoms with Gasteiger partial charge in [-0.15, -0.1) is 11.3 Å². The molecule has 0 aliphatic heterocycles.